The van der Waals surface area contributed by atoms with Crippen LogP contribution in [0, 0.1) is 0 Å². The van der Waals surface area contributed by atoms with Gasteiger partial charge in [-0.05, 0) is 49.3 Å². The summed E-state index contributed by atoms with van der Waals surface area (Å²) in [5.74, 6) is -4.20. The van der Waals surface area contributed by atoms with Gasteiger partial charge < -0.3 is 24.6 Å². The molecular weight excluding hydrogens is 518 g/mol. The highest BCUT2D eigenvalue weighted by atomic mass is 28.4. The van der Waals surface area contributed by atoms with E-state index in [-0.39, 0.29) is 22.5 Å². The molecule has 0 aromatic carbocycles. The summed E-state index contributed by atoms with van der Waals surface area (Å²) in [6.45, 7) is 21.3. The molecule has 37 heavy (non-hydrogen) atoms. The van der Waals surface area contributed by atoms with Crippen molar-refractivity contribution in [2.45, 2.75) is 115 Å². The van der Waals surface area contributed by atoms with Gasteiger partial charge in [-0.15, -0.1) is 0 Å². The Balaban J connectivity index is 2.45. The van der Waals surface area contributed by atoms with Gasteiger partial charge in [0, 0.05) is 6.20 Å². The lowest BCUT2D eigenvalue weighted by Crippen LogP contribution is -2.53. The molecule has 1 saturated heterocycles. The van der Waals surface area contributed by atoms with Crippen LogP contribution in [0.5, 0.6) is 0 Å². The fraction of sp³-hybridized carbons (Fsp3) is 0.792. The zero-order chi connectivity index (χ0) is 28.8. The molecule has 1 amide bonds. The van der Waals surface area contributed by atoms with Gasteiger partial charge in [0.05, 0.1) is 12.6 Å². The molecule has 9 nitrogen and oxygen atoms in total. The minimum absolute atomic E-state index is 0.0863. The molecule has 212 valence electrons. The van der Waals surface area contributed by atoms with Crippen LogP contribution in [-0.2, 0) is 18.4 Å². The molecule has 0 radical (unpaired) electrons. The lowest BCUT2D eigenvalue weighted by molar-refractivity contribution is -0.138. The first-order chi connectivity index (χ1) is 16.5. The van der Waals surface area contributed by atoms with Gasteiger partial charge in [-0.1, -0.05) is 41.5 Å². The normalized spacial score (nSPS) is 23.7. The topological polar surface area (TPSA) is 118 Å². The maximum atomic E-state index is 16.0. The number of hydrogen-bond acceptors (Lipinski definition) is 7. The molecule has 1 aromatic heterocycles. The third kappa shape index (κ3) is 6.93. The standard InChI is InChI=1S/C24H44F2N4O5Si2/c1-15(27)19(31)28-17-12-13-30(21(32)29-17)20-24(25,26)18(35-37(10,11)23(5,6)7)16(34-20)14-33-36(8,9)22(2,3)4/h12-13,15-16,18,20H,14,27H2,1-11H3,(H,28,29,31,32)/t15-,16+,18+,20+/m0/s1. The number of ether oxygens (including phenoxy) is 1. The second-order valence-electron chi connectivity index (χ2n) is 12.9. The number of carbonyl (C=O) groups excluding carboxylic acids is 1. The van der Waals surface area contributed by atoms with Gasteiger partial charge in [0.2, 0.25) is 12.1 Å². The van der Waals surface area contributed by atoms with E-state index in [9.17, 15) is 9.59 Å². The molecule has 0 unspecified atom stereocenters. The van der Waals surface area contributed by atoms with E-state index in [1.807, 2.05) is 47.0 Å². The van der Waals surface area contributed by atoms with E-state index in [4.69, 9.17) is 19.3 Å². The van der Waals surface area contributed by atoms with Crippen molar-refractivity contribution in [2.75, 3.05) is 11.9 Å². The van der Waals surface area contributed by atoms with Crippen molar-refractivity contribution < 1.29 is 27.2 Å². The Labute approximate surface area is 220 Å². The number of anilines is 1. The molecular formula is C24H44F2N4O5Si2. The van der Waals surface area contributed by atoms with E-state index in [0.717, 1.165) is 10.8 Å². The molecule has 0 bridgehead atoms. The number of carbonyl (C=O) groups is 1. The predicted octanol–water partition coefficient (Wildman–Crippen LogP) is 4.47. The van der Waals surface area contributed by atoms with Crippen LogP contribution >= 0.6 is 0 Å². The summed E-state index contributed by atoms with van der Waals surface area (Å²) in [5, 5.41) is 1.92. The highest BCUT2D eigenvalue weighted by molar-refractivity contribution is 6.74. The number of halogens is 2. The lowest BCUT2D eigenvalue weighted by atomic mass is 10.1. The second kappa shape index (κ2) is 10.6. The van der Waals surface area contributed by atoms with E-state index in [2.05, 4.69) is 31.1 Å². The van der Waals surface area contributed by atoms with E-state index >= 15 is 8.78 Å². The van der Waals surface area contributed by atoms with Crippen LogP contribution in [0.25, 0.3) is 0 Å². The number of alkyl halides is 2. The van der Waals surface area contributed by atoms with Crippen molar-refractivity contribution >= 4 is 28.4 Å². The van der Waals surface area contributed by atoms with Gasteiger partial charge in [-0.3, -0.25) is 9.36 Å². The van der Waals surface area contributed by atoms with Crippen LogP contribution in [0.2, 0.25) is 36.3 Å². The Kier molecular flexibility index (Phi) is 9.05. The summed E-state index contributed by atoms with van der Waals surface area (Å²) >= 11 is 0. The van der Waals surface area contributed by atoms with Crippen molar-refractivity contribution in [1.29, 1.82) is 0 Å². The maximum absolute atomic E-state index is 16.0. The van der Waals surface area contributed by atoms with Crippen LogP contribution in [0.3, 0.4) is 0 Å². The predicted molar refractivity (Wildman–Crippen MR) is 145 cm³/mol. The molecule has 4 atom stereocenters. The van der Waals surface area contributed by atoms with Crippen LogP contribution < -0.4 is 16.7 Å². The number of nitrogens with two attached hydrogens (primary N) is 1. The third-order valence-corrected chi connectivity index (χ3v) is 16.7. The fourth-order valence-corrected chi connectivity index (χ4v) is 5.46. The number of rotatable bonds is 8. The first-order valence-electron chi connectivity index (χ1n) is 12.5. The molecule has 2 rings (SSSR count). The number of amides is 1. The van der Waals surface area contributed by atoms with Crippen molar-refractivity contribution in [3.63, 3.8) is 0 Å². The number of nitrogens with one attached hydrogen (secondary N) is 1. The highest BCUT2D eigenvalue weighted by Gasteiger charge is 2.63. The Morgan fingerprint density at radius 1 is 1.19 bits per heavy atom. The van der Waals surface area contributed by atoms with Gasteiger partial charge in [0.15, 0.2) is 16.6 Å². The van der Waals surface area contributed by atoms with Gasteiger partial charge in [0.1, 0.15) is 18.0 Å². The van der Waals surface area contributed by atoms with Gasteiger partial charge >= 0.3 is 11.6 Å². The Bertz CT molecular complexity index is 1040. The monoisotopic (exact) mass is 562 g/mol. The molecule has 0 spiro atoms. The van der Waals surface area contributed by atoms with Crippen LogP contribution in [0.15, 0.2) is 17.1 Å². The Morgan fingerprint density at radius 3 is 2.19 bits per heavy atom. The maximum Gasteiger partial charge on any atom is 0.351 e. The minimum Gasteiger partial charge on any atom is -0.414 e. The highest BCUT2D eigenvalue weighted by Crippen LogP contribution is 2.48. The molecule has 13 heteroatoms. The third-order valence-electron chi connectivity index (χ3n) is 7.74. The number of hydrogen-bond donors (Lipinski definition) is 2. The summed E-state index contributed by atoms with van der Waals surface area (Å²) in [6.07, 6.45) is -3.54. The molecule has 3 N–H and O–H groups in total. The first kappa shape index (κ1) is 31.7. The quantitative estimate of drug-likeness (QED) is 0.449. The smallest absolute Gasteiger partial charge is 0.351 e. The van der Waals surface area contributed by atoms with Crippen molar-refractivity contribution in [1.82, 2.24) is 9.55 Å². The van der Waals surface area contributed by atoms with Crippen molar-refractivity contribution in [3.05, 3.63) is 22.7 Å². The molecule has 2 heterocycles. The summed E-state index contributed by atoms with van der Waals surface area (Å²) in [4.78, 5) is 28.3. The van der Waals surface area contributed by atoms with E-state index < -0.39 is 58.6 Å². The number of aromatic nitrogens is 2. The van der Waals surface area contributed by atoms with E-state index in [0.29, 0.717) is 0 Å². The summed E-state index contributed by atoms with van der Waals surface area (Å²) in [7, 11) is -4.95. The largest absolute Gasteiger partial charge is 0.414 e. The van der Waals surface area contributed by atoms with Crippen LogP contribution in [0.1, 0.15) is 54.7 Å². The lowest BCUT2D eigenvalue weighted by Gasteiger charge is -2.41. The average Bonchev–Trinajstić information content (AvgIpc) is 2.94. The molecule has 0 saturated carbocycles. The molecule has 1 fully saturated rings. The first-order valence-corrected chi connectivity index (χ1v) is 18.3. The van der Waals surface area contributed by atoms with Crippen molar-refractivity contribution in [2.24, 2.45) is 5.73 Å². The molecule has 0 aliphatic carbocycles. The summed E-state index contributed by atoms with van der Waals surface area (Å²) in [5.41, 5.74) is 4.53. The SMILES string of the molecule is C[C@H](N)C(=O)Nc1ccn([C@@H]2O[C@H](CO[Si](C)(C)C(C)(C)C)[C@@H](O[Si](C)(C)C(C)(C)C)C2(F)F)c(=O)n1. The Hall–Kier alpha value is -1.52. The average molecular weight is 563 g/mol. The van der Waals surface area contributed by atoms with E-state index in [1.165, 1.54) is 13.0 Å². The zero-order valence-electron chi connectivity index (χ0n) is 23.9. The van der Waals surface area contributed by atoms with Crippen molar-refractivity contribution in [3.8, 4) is 0 Å². The molecule has 1 aromatic rings. The summed E-state index contributed by atoms with van der Waals surface area (Å²) in [6, 6.07) is 0.422. The fourth-order valence-electron chi connectivity index (χ4n) is 3.15. The van der Waals surface area contributed by atoms with E-state index in [1.54, 1.807) is 0 Å². The summed E-state index contributed by atoms with van der Waals surface area (Å²) < 4.78 is 51.1. The molecule has 1 aliphatic heterocycles. The van der Waals surface area contributed by atoms with Gasteiger partial charge in [0.25, 0.3) is 0 Å². The number of nitrogens with zero attached hydrogens (tertiary/aromatic N) is 2. The van der Waals surface area contributed by atoms with Crippen LogP contribution in [-0.4, -0.2) is 62.9 Å². The molecule has 1 aliphatic rings. The second-order valence-corrected chi connectivity index (χ2v) is 22.4. The van der Waals surface area contributed by atoms with Crippen LogP contribution in [0.4, 0.5) is 14.6 Å². The van der Waals surface area contributed by atoms with Gasteiger partial charge in [-0.2, -0.15) is 13.8 Å². The van der Waals surface area contributed by atoms with Gasteiger partial charge in [-0.25, -0.2) is 4.79 Å². The zero-order valence-corrected chi connectivity index (χ0v) is 25.9. The Morgan fingerprint density at radius 2 is 1.73 bits per heavy atom. The minimum atomic E-state index is -3.56.